The monoisotopic (exact) mass is 237 g/mol. The van der Waals surface area contributed by atoms with Crippen LogP contribution in [0.4, 0.5) is 0 Å². The highest BCUT2D eigenvalue weighted by Gasteiger charge is 2.29. The van der Waals surface area contributed by atoms with Gasteiger partial charge in [-0.1, -0.05) is 0 Å². The highest BCUT2D eigenvalue weighted by molar-refractivity contribution is 5.94. The van der Waals surface area contributed by atoms with E-state index in [0.29, 0.717) is 6.54 Å². The van der Waals surface area contributed by atoms with Gasteiger partial charge in [-0.3, -0.25) is 9.59 Å². The van der Waals surface area contributed by atoms with Gasteiger partial charge >= 0.3 is 0 Å². The summed E-state index contributed by atoms with van der Waals surface area (Å²) in [7, 11) is 0. The largest absolute Gasteiger partial charge is 0.459 e. The minimum absolute atomic E-state index is 0.0000926. The SMILES string of the molecule is NC(=O)CN(C(=O)c1ccco1)C1CCNC1. The third kappa shape index (κ3) is 2.65. The molecule has 2 amide bonds. The van der Waals surface area contributed by atoms with Crippen molar-refractivity contribution < 1.29 is 14.0 Å². The Morgan fingerprint density at radius 1 is 1.59 bits per heavy atom. The van der Waals surface area contributed by atoms with Crippen molar-refractivity contribution in [3.8, 4) is 0 Å². The number of nitrogens with zero attached hydrogens (tertiary/aromatic N) is 1. The molecule has 1 unspecified atom stereocenters. The van der Waals surface area contributed by atoms with Crippen LogP contribution in [0, 0.1) is 0 Å². The van der Waals surface area contributed by atoms with E-state index in [4.69, 9.17) is 10.2 Å². The first-order valence-electron chi connectivity index (χ1n) is 5.52. The van der Waals surface area contributed by atoms with Crippen LogP contribution in [0.2, 0.25) is 0 Å². The number of furan rings is 1. The van der Waals surface area contributed by atoms with Crippen LogP contribution < -0.4 is 11.1 Å². The van der Waals surface area contributed by atoms with E-state index < -0.39 is 5.91 Å². The quantitative estimate of drug-likeness (QED) is 0.743. The Kier molecular flexibility index (Phi) is 3.43. The predicted molar refractivity (Wildman–Crippen MR) is 60.2 cm³/mol. The van der Waals surface area contributed by atoms with E-state index in [0.717, 1.165) is 13.0 Å². The number of primary amides is 1. The van der Waals surface area contributed by atoms with Gasteiger partial charge in [0, 0.05) is 12.6 Å². The number of amides is 2. The molecule has 1 aromatic heterocycles. The summed E-state index contributed by atoms with van der Waals surface area (Å²) in [4.78, 5) is 24.6. The molecule has 0 saturated carbocycles. The minimum Gasteiger partial charge on any atom is -0.459 e. The van der Waals surface area contributed by atoms with Crippen molar-refractivity contribution in [1.82, 2.24) is 10.2 Å². The zero-order valence-corrected chi connectivity index (χ0v) is 9.39. The zero-order valence-electron chi connectivity index (χ0n) is 9.39. The third-order valence-corrected chi connectivity index (χ3v) is 2.79. The first kappa shape index (κ1) is 11.7. The summed E-state index contributed by atoms with van der Waals surface area (Å²) in [5.74, 6) is -0.572. The number of nitrogens with one attached hydrogen (secondary N) is 1. The first-order valence-corrected chi connectivity index (χ1v) is 5.52. The summed E-state index contributed by atoms with van der Waals surface area (Å²) in [6, 6.07) is 3.22. The van der Waals surface area contributed by atoms with Crippen molar-refractivity contribution in [2.45, 2.75) is 12.5 Å². The maximum atomic E-state index is 12.1. The Morgan fingerprint density at radius 3 is 2.94 bits per heavy atom. The van der Waals surface area contributed by atoms with E-state index in [2.05, 4.69) is 5.32 Å². The first-order chi connectivity index (χ1) is 8.18. The molecular formula is C11H15N3O3. The number of hydrogen-bond donors (Lipinski definition) is 2. The summed E-state index contributed by atoms with van der Waals surface area (Å²) < 4.78 is 5.05. The van der Waals surface area contributed by atoms with Gasteiger partial charge in [0.05, 0.1) is 6.26 Å². The molecule has 2 rings (SSSR count). The van der Waals surface area contributed by atoms with Crippen LogP contribution in [0.25, 0.3) is 0 Å². The Balaban J connectivity index is 2.14. The highest BCUT2D eigenvalue weighted by atomic mass is 16.3. The Bertz CT molecular complexity index is 396. The van der Waals surface area contributed by atoms with E-state index >= 15 is 0 Å². The Morgan fingerprint density at radius 2 is 2.41 bits per heavy atom. The predicted octanol–water partition coefficient (Wildman–Crippen LogP) is -0.431. The standard InChI is InChI=1S/C11H15N3O3/c12-10(15)7-14(8-3-4-13-6-8)11(16)9-2-1-5-17-9/h1-2,5,8,13H,3-4,6-7H2,(H2,12,15). The molecule has 2 heterocycles. The smallest absolute Gasteiger partial charge is 0.290 e. The number of rotatable bonds is 4. The van der Waals surface area contributed by atoms with Crippen molar-refractivity contribution in [2.24, 2.45) is 5.73 Å². The number of carbonyl (C=O) groups excluding carboxylic acids is 2. The lowest BCUT2D eigenvalue weighted by atomic mass is 10.2. The fourth-order valence-electron chi connectivity index (χ4n) is 1.98. The molecular weight excluding hydrogens is 222 g/mol. The van der Waals surface area contributed by atoms with Gasteiger partial charge < -0.3 is 20.4 Å². The molecule has 0 bridgehead atoms. The number of nitrogens with two attached hydrogens (primary N) is 1. The zero-order chi connectivity index (χ0) is 12.3. The lowest BCUT2D eigenvalue weighted by Gasteiger charge is -2.26. The van der Waals surface area contributed by atoms with Crippen molar-refractivity contribution in [2.75, 3.05) is 19.6 Å². The van der Waals surface area contributed by atoms with Crippen molar-refractivity contribution in [3.63, 3.8) is 0 Å². The van der Waals surface area contributed by atoms with Gasteiger partial charge in [0.25, 0.3) is 5.91 Å². The molecule has 1 saturated heterocycles. The second-order valence-corrected chi connectivity index (χ2v) is 4.02. The van der Waals surface area contributed by atoms with Crippen molar-refractivity contribution in [3.05, 3.63) is 24.2 Å². The molecule has 0 aromatic carbocycles. The van der Waals surface area contributed by atoms with Crippen LogP contribution in [0.3, 0.4) is 0 Å². The molecule has 1 fully saturated rings. The van der Waals surface area contributed by atoms with Crippen LogP contribution in [-0.4, -0.2) is 42.4 Å². The Hall–Kier alpha value is -1.82. The molecule has 0 spiro atoms. The van der Waals surface area contributed by atoms with Crippen molar-refractivity contribution >= 4 is 11.8 Å². The fraction of sp³-hybridized carbons (Fsp3) is 0.455. The van der Waals surface area contributed by atoms with Crippen LogP contribution in [0.15, 0.2) is 22.8 Å². The molecule has 17 heavy (non-hydrogen) atoms. The lowest BCUT2D eigenvalue weighted by Crippen LogP contribution is -2.46. The normalized spacial score (nSPS) is 19.2. The summed E-state index contributed by atoms with van der Waals surface area (Å²) >= 11 is 0. The molecule has 3 N–H and O–H groups in total. The van der Waals surface area contributed by atoms with Crippen molar-refractivity contribution in [1.29, 1.82) is 0 Å². The fourth-order valence-corrected chi connectivity index (χ4v) is 1.98. The van der Waals surface area contributed by atoms with Crippen LogP contribution >= 0.6 is 0 Å². The van der Waals surface area contributed by atoms with Gasteiger partial charge in [0.15, 0.2) is 5.76 Å². The summed E-state index contributed by atoms with van der Waals surface area (Å²) in [6.07, 6.45) is 2.25. The maximum Gasteiger partial charge on any atom is 0.290 e. The van der Waals surface area contributed by atoms with Gasteiger partial charge in [-0.05, 0) is 25.1 Å². The van der Waals surface area contributed by atoms with E-state index in [9.17, 15) is 9.59 Å². The summed E-state index contributed by atoms with van der Waals surface area (Å²) in [5, 5.41) is 3.15. The molecule has 0 aliphatic carbocycles. The van der Waals surface area contributed by atoms with Gasteiger partial charge in [-0.15, -0.1) is 0 Å². The van der Waals surface area contributed by atoms with Gasteiger partial charge in [-0.2, -0.15) is 0 Å². The van der Waals surface area contributed by atoms with Crippen LogP contribution in [0.1, 0.15) is 17.0 Å². The average molecular weight is 237 g/mol. The molecule has 0 radical (unpaired) electrons. The second kappa shape index (κ2) is 5.01. The van der Waals surface area contributed by atoms with Crippen LogP contribution in [-0.2, 0) is 4.79 Å². The number of hydrogen-bond acceptors (Lipinski definition) is 4. The van der Waals surface area contributed by atoms with Crippen LogP contribution in [0.5, 0.6) is 0 Å². The van der Waals surface area contributed by atoms with Gasteiger partial charge in [0.1, 0.15) is 6.54 Å². The maximum absolute atomic E-state index is 12.1. The van der Waals surface area contributed by atoms with Gasteiger partial charge in [-0.25, -0.2) is 0 Å². The lowest BCUT2D eigenvalue weighted by molar-refractivity contribution is -0.119. The summed E-state index contributed by atoms with van der Waals surface area (Å²) in [6.45, 7) is 1.44. The van der Waals surface area contributed by atoms with E-state index in [-0.39, 0.29) is 24.3 Å². The molecule has 1 aliphatic rings. The van der Waals surface area contributed by atoms with E-state index in [1.54, 1.807) is 12.1 Å². The molecule has 1 aliphatic heterocycles. The topological polar surface area (TPSA) is 88.6 Å². The second-order valence-electron chi connectivity index (χ2n) is 4.02. The molecule has 1 atom stereocenters. The molecule has 92 valence electrons. The minimum atomic E-state index is -0.517. The third-order valence-electron chi connectivity index (χ3n) is 2.79. The number of carbonyl (C=O) groups is 2. The summed E-state index contributed by atoms with van der Waals surface area (Å²) in [5.41, 5.74) is 5.17. The highest BCUT2D eigenvalue weighted by Crippen LogP contribution is 2.13. The van der Waals surface area contributed by atoms with E-state index in [1.807, 2.05) is 0 Å². The molecule has 1 aromatic rings. The Labute approximate surface area is 98.7 Å². The average Bonchev–Trinajstić information content (AvgIpc) is 2.96. The van der Waals surface area contributed by atoms with E-state index in [1.165, 1.54) is 11.2 Å². The van der Waals surface area contributed by atoms with Gasteiger partial charge in [0.2, 0.25) is 5.91 Å². The molecule has 6 heteroatoms. The molecule has 6 nitrogen and oxygen atoms in total.